The second kappa shape index (κ2) is 8.91. The molecule has 1 heterocycles. The lowest BCUT2D eigenvalue weighted by molar-refractivity contribution is -0.117. The highest BCUT2D eigenvalue weighted by Crippen LogP contribution is 2.27. The Hall–Kier alpha value is -2.56. The predicted molar refractivity (Wildman–Crippen MR) is 94.1 cm³/mol. The lowest BCUT2D eigenvalue weighted by Gasteiger charge is -2.15. The van der Waals surface area contributed by atoms with Crippen LogP contribution in [0.5, 0.6) is 11.5 Å². The average molecular weight is 328 g/mol. The van der Waals surface area contributed by atoms with Crippen molar-refractivity contribution in [2.45, 2.75) is 38.6 Å². The van der Waals surface area contributed by atoms with E-state index in [1.165, 1.54) is 7.11 Å². The van der Waals surface area contributed by atoms with Crippen molar-refractivity contribution >= 4 is 11.9 Å². The lowest BCUT2D eigenvalue weighted by Crippen LogP contribution is -2.16. The summed E-state index contributed by atoms with van der Waals surface area (Å²) in [6.07, 6.45) is 12.6. The molecule has 0 saturated carbocycles. The third-order valence-electron chi connectivity index (χ3n) is 3.94. The Kier molecular flexibility index (Phi) is 6.61. The minimum absolute atomic E-state index is 0.0381. The van der Waals surface area contributed by atoms with Crippen LogP contribution in [0.25, 0.3) is 6.08 Å². The van der Waals surface area contributed by atoms with Crippen LogP contribution in [0.1, 0.15) is 44.2 Å². The van der Waals surface area contributed by atoms with Crippen LogP contribution in [0.2, 0.25) is 0 Å². The minimum Gasteiger partial charge on any atom is -0.504 e. The maximum Gasteiger partial charge on any atom is 0.178 e. The molecular weight excluding hydrogens is 304 g/mol. The molecule has 0 aliphatic carbocycles. The summed E-state index contributed by atoms with van der Waals surface area (Å²) in [6.45, 7) is 2.14. The predicted octanol–water partition coefficient (Wildman–Crippen LogP) is 4.00. The van der Waals surface area contributed by atoms with Crippen LogP contribution >= 0.6 is 0 Å². The van der Waals surface area contributed by atoms with Crippen LogP contribution in [0.4, 0.5) is 0 Å². The normalized spacial score (nSPS) is 12.4. The van der Waals surface area contributed by atoms with Gasteiger partial charge in [-0.05, 0) is 30.2 Å². The molecule has 1 aromatic carbocycles. The second-order valence-corrected chi connectivity index (χ2v) is 5.69. The molecule has 0 aliphatic heterocycles. The van der Waals surface area contributed by atoms with Gasteiger partial charge >= 0.3 is 0 Å². The fourth-order valence-electron chi connectivity index (χ4n) is 2.57. The molecule has 0 fully saturated rings. The number of phenolic OH excluding ortho intramolecular Hbond substituents is 1. The van der Waals surface area contributed by atoms with E-state index in [-0.39, 0.29) is 17.6 Å². The van der Waals surface area contributed by atoms with Crippen molar-refractivity contribution in [2.24, 2.45) is 0 Å². The molecule has 1 N–H and O–H groups in total. The number of aromatic nitrogens is 2. The van der Waals surface area contributed by atoms with Gasteiger partial charge in [-0.15, -0.1) is 0 Å². The highest BCUT2D eigenvalue weighted by molar-refractivity contribution is 5.96. The van der Waals surface area contributed by atoms with Gasteiger partial charge in [-0.3, -0.25) is 4.79 Å². The monoisotopic (exact) mass is 328 g/mol. The van der Waals surface area contributed by atoms with Gasteiger partial charge in [0, 0.05) is 12.4 Å². The van der Waals surface area contributed by atoms with Crippen LogP contribution in [-0.2, 0) is 4.79 Å². The number of benzene rings is 1. The fourth-order valence-corrected chi connectivity index (χ4v) is 2.57. The number of hydrogen-bond donors (Lipinski definition) is 1. The third kappa shape index (κ3) is 4.72. The van der Waals surface area contributed by atoms with E-state index < -0.39 is 0 Å². The third-order valence-corrected chi connectivity index (χ3v) is 3.94. The first-order valence-electron chi connectivity index (χ1n) is 8.22. The van der Waals surface area contributed by atoms with E-state index in [4.69, 9.17) is 4.74 Å². The zero-order valence-corrected chi connectivity index (χ0v) is 14.2. The van der Waals surface area contributed by atoms with Gasteiger partial charge in [0.2, 0.25) is 0 Å². The molecule has 1 atom stereocenters. The van der Waals surface area contributed by atoms with Gasteiger partial charge in [-0.2, -0.15) is 0 Å². The van der Waals surface area contributed by atoms with Gasteiger partial charge in [-0.1, -0.05) is 38.3 Å². The van der Waals surface area contributed by atoms with E-state index in [2.05, 4.69) is 11.9 Å². The molecule has 5 heteroatoms. The number of carbonyl (C=O) groups excluding carboxylic acids is 1. The Morgan fingerprint density at radius 2 is 2.25 bits per heavy atom. The van der Waals surface area contributed by atoms with Crippen molar-refractivity contribution in [2.75, 3.05) is 7.11 Å². The van der Waals surface area contributed by atoms with Gasteiger partial charge in [0.15, 0.2) is 17.3 Å². The maximum absolute atomic E-state index is 12.6. The minimum atomic E-state index is -0.227. The first kappa shape index (κ1) is 17.8. The largest absolute Gasteiger partial charge is 0.504 e. The fraction of sp³-hybridized carbons (Fsp3) is 0.368. The van der Waals surface area contributed by atoms with E-state index in [9.17, 15) is 9.90 Å². The number of allylic oxidation sites excluding steroid dienone is 1. The standard InChI is InChI=1S/C19H24N2O3/c1-3-4-5-6-16(21-12-11-20-14-21)17(22)9-7-15-8-10-18(23)19(13-15)24-2/h7-14,16,23H,3-6H2,1-2H3. The summed E-state index contributed by atoms with van der Waals surface area (Å²) < 4.78 is 6.94. The molecule has 2 aromatic rings. The van der Waals surface area contributed by atoms with Crippen LogP contribution in [0, 0.1) is 0 Å². The topological polar surface area (TPSA) is 64.3 Å². The molecular formula is C19H24N2O3. The number of hydrogen-bond acceptors (Lipinski definition) is 4. The number of ketones is 1. The van der Waals surface area contributed by atoms with Gasteiger partial charge < -0.3 is 14.4 Å². The smallest absolute Gasteiger partial charge is 0.178 e. The first-order chi connectivity index (χ1) is 11.7. The molecule has 0 amide bonds. The van der Waals surface area contributed by atoms with Crippen molar-refractivity contribution < 1.29 is 14.6 Å². The number of nitrogens with zero attached hydrogens (tertiary/aromatic N) is 2. The summed E-state index contributed by atoms with van der Waals surface area (Å²) in [4.78, 5) is 16.7. The maximum atomic E-state index is 12.6. The number of unbranched alkanes of at least 4 members (excludes halogenated alkanes) is 2. The van der Waals surface area contributed by atoms with Crippen LogP contribution in [-0.4, -0.2) is 27.6 Å². The number of aromatic hydroxyl groups is 1. The summed E-state index contributed by atoms with van der Waals surface area (Å²) in [5.41, 5.74) is 0.802. The molecule has 0 spiro atoms. The van der Waals surface area contributed by atoms with Crippen LogP contribution in [0.15, 0.2) is 43.0 Å². The summed E-state index contributed by atoms with van der Waals surface area (Å²) in [7, 11) is 1.50. The van der Waals surface area contributed by atoms with Crippen molar-refractivity contribution in [1.82, 2.24) is 9.55 Å². The lowest BCUT2D eigenvalue weighted by atomic mass is 10.0. The van der Waals surface area contributed by atoms with Crippen molar-refractivity contribution in [3.05, 3.63) is 48.6 Å². The molecule has 1 unspecified atom stereocenters. The van der Waals surface area contributed by atoms with Crippen LogP contribution < -0.4 is 4.74 Å². The quantitative estimate of drug-likeness (QED) is 0.558. The molecule has 5 nitrogen and oxygen atoms in total. The van der Waals surface area contributed by atoms with Crippen molar-refractivity contribution in [1.29, 1.82) is 0 Å². The Labute approximate surface area is 142 Å². The van der Waals surface area contributed by atoms with E-state index in [1.807, 2.05) is 10.8 Å². The van der Waals surface area contributed by atoms with Gasteiger partial charge in [-0.25, -0.2) is 4.98 Å². The highest BCUT2D eigenvalue weighted by atomic mass is 16.5. The van der Waals surface area contributed by atoms with Gasteiger partial charge in [0.05, 0.1) is 19.5 Å². The first-order valence-corrected chi connectivity index (χ1v) is 8.22. The molecule has 1 aromatic heterocycles. The second-order valence-electron chi connectivity index (χ2n) is 5.69. The van der Waals surface area contributed by atoms with Crippen molar-refractivity contribution in [3.63, 3.8) is 0 Å². The Bertz CT molecular complexity index is 678. The van der Waals surface area contributed by atoms with Crippen molar-refractivity contribution in [3.8, 4) is 11.5 Å². The Morgan fingerprint density at radius 1 is 1.42 bits per heavy atom. The number of methoxy groups -OCH3 is 1. The van der Waals surface area contributed by atoms with Gasteiger partial charge in [0.25, 0.3) is 0 Å². The molecule has 0 radical (unpaired) electrons. The molecule has 2 rings (SSSR count). The SMILES string of the molecule is CCCCCC(C(=O)C=Cc1ccc(O)c(OC)c1)n1ccnc1. The number of ether oxygens (including phenoxy) is 1. The zero-order valence-electron chi connectivity index (χ0n) is 14.2. The summed E-state index contributed by atoms with van der Waals surface area (Å²) in [5.74, 6) is 0.506. The molecule has 24 heavy (non-hydrogen) atoms. The summed E-state index contributed by atoms with van der Waals surface area (Å²) in [5, 5.41) is 9.62. The highest BCUT2D eigenvalue weighted by Gasteiger charge is 2.17. The molecule has 0 saturated heterocycles. The van der Waals surface area contributed by atoms with E-state index in [0.717, 1.165) is 31.2 Å². The summed E-state index contributed by atoms with van der Waals surface area (Å²) in [6, 6.07) is 4.76. The van der Waals surface area contributed by atoms with E-state index >= 15 is 0 Å². The van der Waals surface area contributed by atoms with Gasteiger partial charge in [0.1, 0.15) is 0 Å². The number of phenols is 1. The molecule has 128 valence electrons. The number of carbonyl (C=O) groups is 1. The zero-order chi connectivity index (χ0) is 17.4. The molecule has 0 bridgehead atoms. The van der Waals surface area contributed by atoms with E-state index in [0.29, 0.717) is 5.75 Å². The Morgan fingerprint density at radius 3 is 2.92 bits per heavy atom. The summed E-state index contributed by atoms with van der Waals surface area (Å²) >= 11 is 0. The van der Waals surface area contributed by atoms with E-state index in [1.54, 1.807) is 42.9 Å². The Balaban J connectivity index is 2.11. The van der Waals surface area contributed by atoms with Crippen LogP contribution in [0.3, 0.4) is 0 Å². The average Bonchev–Trinajstić information content (AvgIpc) is 3.12. The number of imidazole rings is 1. The molecule has 0 aliphatic rings. The number of rotatable bonds is 9.